The summed E-state index contributed by atoms with van der Waals surface area (Å²) in [5.74, 6) is 2.34. The molecule has 1 aromatic carbocycles. The number of carbonyl (C=O) groups excluding carboxylic acids is 3. The van der Waals surface area contributed by atoms with Crippen molar-refractivity contribution in [1.29, 1.82) is 0 Å². The molecule has 33 heavy (non-hydrogen) atoms. The molecular weight excluding hydrogens is 418 g/mol. The molecule has 3 aliphatic rings. The van der Waals surface area contributed by atoms with E-state index in [-0.39, 0.29) is 42.9 Å². The minimum Gasteiger partial charge on any atom is -0.334 e. The van der Waals surface area contributed by atoms with Crippen molar-refractivity contribution in [1.82, 2.24) is 25.1 Å². The van der Waals surface area contributed by atoms with Crippen LogP contribution in [0.15, 0.2) is 30.3 Å². The zero-order valence-electron chi connectivity index (χ0n) is 19.4. The lowest BCUT2D eigenvalue weighted by Crippen LogP contribution is -2.77. The number of nitrogens with zero attached hydrogens (tertiary/aromatic N) is 4. The standard InChI is InChI=1S/C25H33N5O3/c1-4-14-27-17-22(31)29-21(30(27)25(33)26-15-19-10-6-5-7-11-19)16-28(20-12-8-9-13-20)24(32)23(29)18(2)3/h1,5-7,10-11,18,20-21,23H,8-9,12-17H2,2-3H3,(H,26,33)/t21-,23-/m0/s1. The molecule has 2 aliphatic heterocycles. The molecule has 4 rings (SSSR count). The zero-order chi connectivity index (χ0) is 23.5. The molecule has 1 aliphatic carbocycles. The van der Waals surface area contributed by atoms with Crippen LogP contribution in [0.25, 0.3) is 0 Å². The fourth-order valence-corrected chi connectivity index (χ4v) is 5.35. The lowest BCUT2D eigenvalue weighted by molar-refractivity contribution is -0.193. The normalized spacial score (nSPS) is 24.2. The summed E-state index contributed by atoms with van der Waals surface area (Å²) >= 11 is 0. The van der Waals surface area contributed by atoms with E-state index in [4.69, 9.17) is 6.42 Å². The van der Waals surface area contributed by atoms with Gasteiger partial charge in [0.25, 0.3) is 0 Å². The number of fused-ring (bicyclic) bond motifs is 1. The number of hydrogen-bond donors (Lipinski definition) is 1. The number of piperazine rings is 1. The summed E-state index contributed by atoms with van der Waals surface area (Å²) in [4.78, 5) is 43.8. The molecule has 0 radical (unpaired) electrons. The topological polar surface area (TPSA) is 76.2 Å². The highest BCUT2D eigenvalue weighted by atomic mass is 16.2. The van der Waals surface area contributed by atoms with E-state index in [2.05, 4.69) is 11.2 Å². The average molecular weight is 452 g/mol. The largest absolute Gasteiger partial charge is 0.334 e. The van der Waals surface area contributed by atoms with Gasteiger partial charge >= 0.3 is 6.03 Å². The van der Waals surface area contributed by atoms with Crippen molar-refractivity contribution in [3.63, 3.8) is 0 Å². The smallest absolute Gasteiger partial charge is 0.334 e. The molecule has 0 spiro atoms. The number of amides is 4. The first-order valence-corrected chi connectivity index (χ1v) is 11.8. The summed E-state index contributed by atoms with van der Waals surface area (Å²) in [5.41, 5.74) is 0.978. The van der Waals surface area contributed by atoms with Gasteiger partial charge in [-0.05, 0) is 24.3 Å². The Morgan fingerprint density at radius 1 is 1.18 bits per heavy atom. The molecule has 0 bridgehead atoms. The molecule has 8 nitrogen and oxygen atoms in total. The number of benzene rings is 1. The first-order valence-electron chi connectivity index (χ1n) is 11.8. The van der Waals surface area contributed by atoms with Crippen molar-refractivity contribution in [3.05, 3.63) is 35.9 Å². The first-order chi connectivity index (χ1) is 15.9. The molecule has 0 aromatic heterocycles. The van der Waals surface area contributed by atoms with Gasteiger partial charge in [-0.25, -0.2) is 9.80 Å². The molecule has 2 saturated heterocycles. The summed E-state index contributed by atoms with van der Waals surface area (Å²) in [6.07, 6.45) is 9.12. The highest BCUT2D eigenvalue weighted by Gasteiger charge is 2.53. The number of nitrogens with one attached hydrogen (secondary N) is 1. The zero-order valence-corrected chi connectivity index (χ0v) is 19.4. The Balaban J connectivity index is 1.65. The maximum absolute atomic E-state index is 13.5. The minimum absolute atomic E-state index is 0.00320. The minimum atomic E-state index is -0.589. The van der Waals surface area contributed by atoms with Gasteiger partial charge < -0.3 is 15.1 Å². The Morgan fingerprint density at radius 3 is 2.52 bits per heavy atom. The Morgan fingerprint density at radius 2 is 1.88 bits per heavy atom. The predicted molar refractivity (Wildman–Crippen MR) is 124 cm³/mol. The average Bonchev–Trinajstić information content (AvgIpc) is 3.33. The van der Waals surface area contributed by atoms with Crippen LogP contribution in [0, 0.1) is 18.3 Å². The third-order valence-corrected chi connectivity index (χ3v) is 6.88. The number of rotatable bonds is 5. The van der Waals surface area contributed by atoms with Gasteiger partial charge in [-0.2, -0.15) is 5.01 Å². The van der Waals surface area contributed by atoms with E-state index in [0.717, 1.165) is 31.2 Å². The number of urea groups is 1. The van der Waals surface area contributed by atoms with Gasteiger partial charge in [0, 0.05) is 12.6 Å². The molecule has 1 aromatic rings. The number of terminal acetylenes is 1. The van der Waals surface area contributed by atoms with E-state index in [1.165, 1.54) is 0 Å². The van der Waals surface area contributed by atoms with Crippen LogP contribution in [0.2, 0.25) is 0 Å². The second kappa shape index (κ2) is 9.84. The molecule has 1 N–H and O–H groups in total. The van der Waals surface area contributed by atoms with Gasteiger partial charge in [-0.15, -0.1) is 6.42 Å². The Kier molecular flexibility index (Phi) is 6.89. The van der Waals surface area contributed by atoms with Gasteiger partial charge in [-0.3, -0.25) is 9.59 Å². The Hall–Kier alpha value is -3.05. The molecule has 8 heteroatoms. The van der Waals surface area contributed by atoms with Gasteiger partial charge in [-0.1, -0.05) is 62.9 Å². The van der Waals surface area contributed by atoms with Crippen LogP contribution in [0.4, 0.5) is 4.79 Å². The molecule has 1 saturated carbocycles. The molecule has 0 unspecified atom stereocenters. The lowest BCUT2D eigenvalue weighted by atomic mass is 9.95. The molecule has 176 valence electrons. The SMILES string of the molecule is C#CCN1CC(=O)N2[C@@H](C(C)C)C(=O)N(C3CCCC3)C[C@@H]2N1C(=O)NCc1ccccc1. The van der Waals surface area contributed by atoms with E-state index in [1.54, 1.807) is 14.9 Å². The molecule has 3 fully saturated rings. The van der Waals surface area contributed by atoms with Crippen molar-refractivity contribution in [2.75, 3.05) is 19.6 Å². The van der Waals surface area contributed by atoms with E-state index in [0.29, 0.717) is 13.1 Å². The van der Waals surface area contributed by atoms with Crippen LogP contribution in [0.1, 0.15) is 45.1 Å². The van der Waals surface area contributed by atoms with E-state index >= 15 is 0 Å². The van der Waals surface area contributed by atoms with Crippen molar-refractivity contribution in [2.45, 2.75) is 64.3 Å². The predicted octanol–water partition coefficient (Wildman–Crippen LogP) is 2.03. The summed E-state index contributed by atoms with van der Waals surface area (Å²) in [6.45, 7) is 4.69. The molecule has 4 amide bonds. The number of hydrazine groups is 1. The Labute approximate surface area is 195 Å². The lowest BCUT2D eigenvalue weighted by Gasteiger charge is -2.56. The van der Waals surface area contributed by atoms with Gasteiger partial charge in [0.1, 0.15) is 12.2 Å². The van der Waals surface area contributed by atoms with E-state index < -0.39 is 12.2 Å². The van der Waals surface area contributed by atoms with Crippen LogP contribution in [0.3, 0.4) is 0 Å². The maximum Gasteiger partial charge on any atom is 0.334 e. The number of hydrogen-bond acceptors (Lipinski definition) is 4. The summed E-state index contributed by atoms with van der Waals surface area (Å²) in [7, 11) is 0. The van der Waals surface area contributed by atoms with Crippen LogP contribution in [-0.4, -0.2) is 75.5 Å². The van der Waals surface area contributed by atoms with Crippen molar-refractivity contribution >= 4 is 17.8 Å². The summed E-state index contributed by atoms with van der Waals surface area (Å²) < 4.78 is 0. The summed E-state index contributed by atoms with van der Waals surface area (Å²) in [6, 6.07) is 8.92. The van der Waals surface area contributed by atoms with Crippen molar-refractivity contribution in [3.8, 4) is 12.3 Å². The van der Waals surface area contributed by atoms with E-state index in [1.807, 2.05) is 49.1 Å². The van der Waals surface area contributed by atoms with Crippen LogP contribution in [-0.2, 0) is 16.1 Å². The highest BCUT2D eigenvalue weighted by molar-refractivity contribution is 5.91. The van der Waals surface area contributed by atoms with Gasteiger partial charge in [0.05, 0.1) is 19.6 Å². The molecular formula is C25H33N5O3. The quantitative estimate of drug-likeness (QED) is 0.695. The maximum atomic E-state index is 13.5. The molecule has 2 heterocycles. The molecule has 2 atom stereocenters. The third-order valence-electron chi connectivity index (χ3n) is 6.88. The van der Waals surface area contributed by atoms with Gasteiger partial charge in [0.15, 0.2) is 0 Å². The van der Waals surface area contributed by atoms with Crippen molar-refractivity contribution < 1.29 is 14.4 Å². The first kappa shape index (κ1) is 23.1. The second-order valence-corrected chi connectivity index (χ2v) is 9.42. The fourth-order valence-electron chi connectivity index (χ4n) is 5.35. The van der Waals surface area contributed by atoms with E-state index in [9.17, 15) is 14.4 Å². The fraction of sp³-hybridized carbons (Fsp3) is 0.560. The second-order valence-electron chi connectivity index (χ2n) is 9.42. The summed E-state index contributed by atoms with van der Waals surface area (Å²) in [5, 5.41) is 6.19. The highest BCUT2D eigenvalue weighted by Crippen LogP contribution is 2.33. The third kappa shape index (κ3) is 4.55. The van der Waals surface area contributed by atoms with Gasteiger partial charge in [0.2, 0.25) is 11.8 Å². The number of carbonyl (C=O) groups is 3. The Bertz CT molecular complexity index is 922. The van der Waals surface area contributed by atoms with Crippen LogP contribution >= 0.6 is 0 Å². The van der Waals surface area contributed by atoms with Crippen LogP contribution < -0.4 is 5.32 Å². The monoisotopic (exact) mass is 451 g/mol. The van der Waals surface area contributed by atoms with Crippen LogP contribution in [0.5, 0.6) is 0 Å². The van der Waals surface area contributed by atoms with Crippen molar-refractivity contribution in [2.24, 2.45) is 5.92 Å².